The molecule has 0 atom stereocenters. The first-order chi connectivity index (χ1) is 10.5. The molecule has 0 radical (unpaired) electrons. The van der Waals surface area contributed by atoms with Crippen LogP contribution in [0.5, 0.6) is 5.75 Å². The van der Waals surface area contributed by atoms with Gasteiger partial charge in [0.15, 0.2) is 0 Å². The van der Waals surface area contributed by atoms with E-state index in [2.05, 4.69) is 5.32 Å². The van der Waals surface area contributed by atoms with Gasteiger partial charge in [0.2, 0.25) is 12.3 Å². The van der Waals surface area contributed by atoms with Gasteiger partial charge in [0.25, 0.3) is 0 Å². The van der Waals surface area contributed by atoms with Crippen molar-refractivity contribution >= 4 is 29.6 Å². The molecule has 120 valence electrons. The average Bonchev–Trinajstić information content (AvgIpc) is 2.55. The van der Waals surface area contributed by atoms with E-state index < -0.39 is 0 Å². The van der Waals surface area contributed by atoms with E-state index in [1.807, 2.05) is 13.0 Å². The van der Waals surface area contributed by atoms with E-state index in [-0.39, 0.29) is 12.5 Å². The molecule has 2 amide bonds. The second-order valence-corrected chi connectivity index (χ2v) is 5.58. The summed E-state index contributed by atoms with van der Waals surface area (Å²) in [6, 6.07) is 3.59. The number of amides is 2. The molecule has 6 nitrogen and oxygen atoms in total. The summed E-state index contributed by atoms with van der Waals surface area (Å²) in [5, 5.41) is 3.72. The van der Waals surface area contributed by atoms with E-state index in [0.717, 1.165) is 17.7 Å². The summed E-state index contributed by atoms with van der Waals surface area (Å²) in [5.74, 6) is 0.606. The highest BCUT2D eigenvalue weighted by molar-refractivity contribution is 6.31. The van der Waals surface area contributed by atoms with E-state index in [0.29, 0.717) is 37.0 Å². The molecule has 0 unspecified atom stereocenters. The molecule has 1 aliphatic rings. The molecular weight excluding hydrogens is 306 g/mol. The van der Waals surface area contributed by atoms with E-state index in [1.54, 1.807) is 23.0 Å². The lowest BCUT2D eigenvalue weighted by molar-refractivity contribution is -0.133. The number of methoxy groups -OCH3 is 1. The van der Waals surface area contributed by atoms with Gasteiger partial charge in [0.05, 0.1) is 19.3 Å². The third-order valence-electron chi connectivity index (χ3n) is 3.73. The number of halogens is 1. The Labute approximate surface area is 135 Å². The van der Waals surface area contributed by atoms with Crippen LogP contribution in [0, 0.1) is 6.92 Å². The molecule has 1 saturated heterocycles. The summed E-state index contributed by atoms with van der Waals surface area (Å²) < 4.78 is 5.27. The molecule has 0 bridgehead atoms. The van der Waals surface area contributed by atoms with Crippen molar-refractivity contribution in [1.82, 2.24) is 9.80 Å². The van der Waals surface area contributed by atoms with Crippen molar-refractivity contribution in [3.05, 3.63) is 22.7 Å². The van der Waals surface area contributed by atoms with Gasteiger partial charge in [-0.25, -0.2) is 0 Å². The highest BCUT2D eigenvalue weighted by atomic mass is 35.5. The molecule has 1 aromatic carbocycles. The van der Waals surface area contributed by atoms with Gasteiger partial charge in [-0.2, -0.15) is 0 Å². The lowest BCUT2D eigenvalue weighted by Crippen LogP contribution is -2.49. The number of benzene rings is 1. The Kier molecular flexibility index (Phi) is 5.49. The first-order valence-electron chi connectivity index (χ1n) is 7.10. The number of carbonyl (C=O) groups is 2. The molecule has 22 heavy (non-hydrogen) atoms. The minimum absolute atomic E-state index is 0.000190. The van der Waals surface area contributed by atoms with E-state index in [9.17, 15) is 9.59 Å². The molecule has 1 heterocycles. The molecule has 2 rings (SSSR count). The first-order valence-corrected chi connectivity index (χ1v) is 7.48. The highest BCUT2D eigenvalue weighted by Gasteiger charge is 2.20. The van der Waals surface area contributed by atoms with E-state index in [1.165, 1.54) is 0 Å². The number of nitrogens with one attached hydrogen (secondary N) is 1. The number of hydrogen-bond donors (Lipinski definition) is 1. The zero-order valence-corrected chi connectivity index (χ0v) is 13.5. The van der Waals surface area contributed by atoms with Gasteiger partial charge in [-0.05, 0) is 18.6 Å². The van der Waals surface area contributed by atoms with E-state index >= 15 is 0 Å². The second kappa shape index (κ2) is 7.35. The third-order valence-corrected chi connectivity index (χ3v) is 4.13. The molecule has 1 aliphatic heterocycles. The van der Waals surface area contributed by atoms with Crippen LogP contribution in [0.3, 0.4) is 0 Å². The van der Waals surface area contributed by atoms with Crippen LogP contribution in [0.1, 0.15) is 5.56 Å². The normalized spacial score (nSPS) is 14.7. The molecule has 1 aromatic rings. The molecular formula is C15H20ClN3O3. The number of piperazine rings is 1. The zero-order valence-electron chi connectivity index (χ0n) is 12.8. The number of carbonyl (C=O) groups excluding carboxylic acids is 2. The van der Waals surface area contributed by atoms with Crippen molar-refractivity contribution in [2.24, 2.45) is 0 Å². The van der Waals surface area contributed by atoms with Crippen molar-refractivity contribution in [2.75, 3.05) is 45.2 Å². The van der Waals surface area contributed by atoms with Crippen LogP contribution in [-0.2, 0) is 9.59 Å². The molecule has 0 saturated carbocycles. The summed E-state index contributed by atoms with van der Waals surface area (Å²) in [4.78, 5) is 26.3. The van der Waals surface area contributed by atoms with Crippen LogP contribution < -0.4 is 10.1 Å². The fourth-order valence-corrected chi connectivity index (χ4v) is 2.48. The van der Waals surface area contributed by atoms with Crippen molar-refractivity contribution in [3.8, 4) is 5.75 Å². The van der Waals surface area contributed by atoms with Crippen LogP contribution in [0.4, 0.5) is 5.69 Å². The fourth-order valence-electron chi connectivity index (χ4n) is 2.33. The molecule has 0 spiro atoms. The summed E-state index contributed by atoms with van der Waals surface area (Å²) in [6.07, 6.45) is 0.821. The number of ether oxygens (including phenoxy) is 1. The highest BCUT2D eigenvalue weighted by Crippen LogP contribution is 2.30. The minimum Gasteiger partial charge on any atom is -0.495 e. The van der Waals surface area contributed by atoms with Crippen LogP contribution in [-0.4, -0.2) is 62.0 Å². The van der Waals surface area contributed by atoms with Gasteiger partial charge in [-0.1, -0.05) is 11.6 Å². The number of hydrogen-bond acceptors (Lipinski definition) is 4. The lowest BCUT2D eigenvalue weighted by Gasteiger charge is -2.32. The predicted molar refractivity (Wildman–Crippen MR) is 85.4 cm³/mol. The molecule has 0 aliphatic carbocycles. The van der Waals surface area contributed by atoms with Crippen LogP contribution in [0.2, 0.25) is 5.02 Å². The van der Waals surface area contributed by atoms with Crippen LogP contribution >= 0.6 is 11.6 Å². The maximum Gasteiger partial charge on any atom is 0.241 e. The first kappa shape index (κ1) is 16.4. The van der Waals surface area contributed by atoms with Gasteiger partial charge in [0, 0.05) is 37.3 Å². The smallest absolute Gasteiger partial charge is 0.241 e. The van der Waals surface area contributed by atoms with Crippen molar-refractivity contribution in [2.45, 2.75) is 6.92 Å². The number of nitrogens with zero attached hydrogens (tertiary/aromatic N) is 2. The summed E-state index contributed by atoms with van der Waals surface area (Å²) in [5.41, 5.74) is 1.65. The monoisotopic (exact) mass is 325 g/mol. The van der Waals surface area contributed by atoms with Crippen molar-refractivity contribution in [1.29, 1.82) is 0 Å². The summed E-state index contributed by atoms with van der Waals surface area (Å²) in [7, 11) is 1.56. The van der Waals surface area contributed by atoms with E-state index in [4.69, 9.17) is 16.3 Å². The molecule has 1 N–H and O–H groups in total. The van der Waals surface area contributed by atoms with Gasteiger partial charge in [0.1, 0.15) is 5.75 Å². The zero-order chi connectivity index (χ0) is 16.1. The number of rotatable bonds is 5. The Balaban J connectivity index is 1.94. The van der Waals surface area contributed by atoms with Crippen LogP contribution in [0.15, 0.2) is 12.1 Å². The van der Waals surface area contributed by atoms with Crippen LogP contribution in [0.25, 0.3) is 0 Å². The quantitative estimate of drug-likeness (QED) is 0.831. The fraction of sp³-hybridized carbons (Fsp3) is 0.467. The second-order valence-electron chi connectivity index (χ2n) is 5.18. The third kappa shape index (κ3) is 3.82. The van der Waals surface area contributed by atoms with Crippen molar-refractivity contribution < 1.29 is 14.3 Å². The van der Waals surface area contributed by atoms with Gasteiger partial charge >= 0.3 is 0 Å². The van der Waals surface area contributed by atoms with Gasteiger partial charge < -0.3 is 19.9 Å². The molecule has 1 fully saturated rings. The maximum atomic E-state index is 12.2. The SMILES string of the molecule is COc1cc(Cl)c(C)cc1NCC(=O)N1CCN(C=O)CC1. The summed E-state index contributed by atoms with van der Waals surface area (Å²) in [6.45, 7) is 4.37. The maximum absolute atomic E-state index is 12.2. The molecule has 0 aromatic heterocycles. The Hall–Kier alpha value is -1.95. The largest absolute Gasteiger partial charge is 0.495 e. The number of aryl methyl sites for hydroxylation is 1. The van der Waals surface area contributed by atoms with Crippen molar-refractivity contribution in [3.63, 3.8) is 0 Å². The minimum atomic E-state index is 0.000190. The lowest BCUT2D eigenvalue weighted by atomic mass is 10.2. The summed E-state index contributed by atoms with van der Waals surface area (Å²) >= 11 is 6.06. The topological polar surface area (TPSA) is 61.9 Å². The Morgan fingerprint density at radius 1 is 1.36 bits per heavy atom. The average molecular weight is 326 g/mol. The Morgan fingerprint density at radius 2 is 2.05 bits per heavy atom. The van der Waals surface area contributed by atoms with Gasteiger partial charge in [-0.3, -0.25) is 9.59 Å². The van der Waals surface area contributed by atoms with Gasteiger partial charge in [-0.15, -0.1) is 0 Å². The predicted octanol–water partition coefficient (Wildman–Crippen LogP) is 1.37. The Morgan fingerprint density at radius 3 is 2.64 bits per heavy atom. The standard InChI is InChI=1S/C15H20ClN3O3/c1-11-7-13(14(22-2)8-12(11)16)17-9-15(21)19-5-3-18(10-20)4-6-19/h7-8,10,17H,3-6,9H2,1-2H3. The molecule has 7 heteroatoms. The number of anilines is 1. The Bertz CT molecular complexity index is 557.